The number of nitro benzene ring substituents is 1. The average Bonchev–Trinajstić information content (AvgIpc) is 2.98. The average molecular weight is 644 g/mol. The first-order chi connectivity index (χ1) is 21.4. The number of methoxy groups -OCH3 is 1. The summed E-state index contributed by atoms with van der Waals surface area (Å²) in [5.41, 5.74) is 9.47. The van der Waals surface area contributed by atoms with Crippen LogP contribution in [0.25, 0.3) is 0 Å². The van der Waals surface area contributed by atoms with E-state index >= 15 is 0 Å². The highest BCUT2D eigenvalue weighted by Gasteiger charge is 2.56. The molecule has 252 valence electrons. The number of hydrogen-bond donors (Lipinski definition) is 4. The second-order valence-electron chi connectivity index (χ2n) is 12.2. The summed E-state index contributed by atoms with van der Waals surface area (Å²) in [5.74, 6) is -3.26. The molecular formula is C32H45N5O9. The molecule has 0 fully saturated rings. The molecular weight excluding hydrogens is 598 g/mol. The molecule has 0 saturated carbocycles. The third-order valence-electron chi connectivity index (χ3n) is 7.54. The third kappa shape index (κ3) is 9.01. The second kappa shape index (κ2) is 15.6. The van der Waals surface area contributed by atoms with Crippen molar-refractivity contribution < 1.29 is 38.7 Å². The largest absolute Gasteiger partial charge is 0.467 e. The van der Waals surface area contributed by atoms with Gasteiger partial charge in [0.15, 0.2) is 5.54 Å². The lowest BCUT2D eigenvalue weighted by atomic mass is 9.75. The fraction of sp³-hybridized carbons (Fsp3) is 0.500. The van der Waals surface area contributed by atoms with Crippen LogP contribution in [0.1, 0.15) is 65.5 Å². The molecule has 2 aromatic carbocycles. The number of carbonyl (C=O) groups excluding carboxylic acids is 4. The first kappa shape index (κ1) is 37.6. The second-order valence-corrected chi connectivity index (χ2v) is 12.2. The summed E-state index contributed by atoms with van der Waals surface area (Å²) in [5, 5.41) is 25.2. The van der Waals surface area contributed by atoms with Gasteiger partial charge in [0, 0.05) is 17.8 Å². The molecule has 0 heterocycles. The van der Waals surface area contributed by atoms with Crippen LogP contribution < -0.4 is 16.8 Å². The standard InChI is InChI=1S/C32H45N5O9/c1-8-19(2)32(29(41)45-7,22-11-13-23(34)14-12-22)36(30(42)46-31(4,5)6)27(39)18-26(38)25(35-28(40)20(3)33)17-21-9-15-24(16-10-21)37(43)44/h9-16,19-20,25-26,38H,8,17-18,33-34H2,1-7H3,(H,35,40)/t19-,20?,25-,26?,32+/m0/s1. The minimum atomic E-state index is -2.04. The number of aliphatic hydroxyl groups is 1. The van der Waals surface area contributed by atoms with E-state index in [1.54, 1.807) is 34.6 Å². The Morgan fingerprint density at radius 1 is 1.04 bits per heavy atom. The molecule has 0 bridgehead atoms. The number of nitrogens with zero attached hydrogens (tertiary/aromatic N) is 2. The van der Waals surface area contributed by atoms with Crippen LogP contribution in [0.4, 0.5) is 16.2 Å². The van der Waals surface area contributed by atoms with Crippen LogP contribution in [0.2, 0.25) is 0 Å². The van der Waals surface area contributed by atoms with E-state index in [0.717, 1.165) is 7.11 Å². The number of esters is 1. The van der Waals surface area contributed by atoms with Crippen LogP contribution in [0, 0.1) is 16.0 Å². The molecule has 2 unspecified atom stereocenters. The summed E-state index contributed by atoms with van der Waals surface area (Å²) in [7, 11) is 1.13. The number of imide groups is 1. The Bertz CT molecular complexity index is 1390. The van der Waals surface area contributed by atoms with Crippen molar-refractivity contribution in [2.75, 3.05) is 12.8 Å². The molecule has 0 saturated heterocycles. The minimum absolute atomic E-state index is 0.0528. The van der Waals surface area contributed by atoms with Crippen LogP contribution >= 0.6 is 0 Å². The minimum Gasteiger partial charge on any atom is -0.467 e. The summed E-state index contributed by atoms with van der Waals surface area (Å²) in [6, 6.07) is 9.42. The van der Waals surface area contributed by atoms with Crippen molar-refractivity contribution in [2.45, 2.75) is 90.1 Å². The lowest BCUT2D eigenvalue weighted by Gasteiger charge is -2.44. The van der Waals surface area contributed by atoms with Crippen molar-refractivity contribution in [3.63, 3.8) is 0 Å². The third-order valence-corrected chi connectivity index (χ3v) is 7.54. The van der Waals surface area contributed by atoms with Gasteiger partial charge in [-0.15, -0.1) is 0 Å². The number of rotatable bonds is 13. The van der Waals surface area contributed by atoms with Crippen LogP contribution in [0.5, 0.6) is 0 Å². The van der Waals surface area contributed by atoms with Crippen LogP contribution in [0.15, 0.2) is 48.5 Å². The van der Waals surface area contributed by atoms with E-state index in [1.165, 1.54) is 55.5 Å². The van der Waals surface area contributed by atoms with Crippen molar-refractivity contribution in [1.29, 1.82) is 0 Å². The zero-order valence-corrected chi connectivity index (χ0v) is 27.3. The molecule has 3 amide bonds. The van der Waals surface area contributed by atoms with E-state index in [4.69, 9.17) is 20.9 Å². The van der Waals surface area contributed by atoms with Gasteiger partial charge in [-0.1, -0.05) is 44.5 Å². The van der Waals surface area contributed by atoms with Gasteiger partial charge < -0.3 is 31.4 Å². The molecule has 5 atom stereocenters. The summed E-state index contributed by atoms with van der Waals surface area (Å²) >= 11 is 0. The van der Waals surface area contributed by atoms with Gasteiger partial charge in [0.1, 0.15) is 5.60 Å². The van der Waals surface area contributed by atoms with E-state index in [2.05, 4.69) is 5.32 Å². The normalized spacial score (nSPS) is 15.3. The van der Waals surface area contributed by atoms with Crippen LogP contribution in [-0.4, -0.2) is 69.7 Å². The summed E-state index contributed by atoms with van der Waals surface area (Å²) in [6.45, 7) is 9.67. The molecule has 0 aromatic heterocycles. The summed E-state index contributed by atoms with van der Waals surface area (Å²) in [6.07, 6.45) is -3.27. The summed E-state index contributed by atoms with van der Waals surface area (Å²) < 4.78 is 10.9. The van der Waals surface area contributed by atoms with Crippen molar-refractivity contribution in [3.05, 3.63) is 69.8 Å². The Kier molecular flexibility index (Phi) is 12.8. The van der Waals surface area contributed by atoms with Gasteiger partial charge in [0.05, 0.1) is 36.6 Å². The molecule has 6 N–H and O–H groups in total. The molecule has 2 rings (SSSR count). The maximum absolute atomic E-state index is 14.3. The molecule has 46 heavy (non-hydrogen) atoms. The Labute approximate surface area is 268 Å². The number of nitrogens with two attached hydrogens (primary N) is 2. The number of amides is 3. The fourth-order valence-corrected chi connectivity index (χ4v) is 5.00. The highest BCUT2D eigenvalue weighted by molar-refractivity contribution is 6.00. The van der Waals surface area contributed by atoms with E-state index in [-0.39, 0.29) is 17.7 Å². The molecule has 0 aliphatic carbocycles. The number of hydrogen-bond acceptors (Lipinski definition) is 11. The van der Waals surface area contributed by atoms with Gasteiger partial charge in [0.25, 0.3) is 5.69 Å². The first-order valence-corrected chi connectivity index (χ1v) is 14.9. The molecule has 0 spiro atoms. The zero-order chi connectivity index (χ0) is 35.0. The number of anilines is 1. The summed E-state index contributed by atoms with van der Waals surface area (Å²) in [4.78, 5) is 66.0. The van der Waals surface area contributed by atoms with Crippen LogP contribution in [0.3, 0.4) is 0 Å². The zero-order valence-electron chi connectivity index (χ0n) is 27.3. The van der Waals surface area contributed by atoms with Crippen molar-refractivity contribution in [2.24, 2.45) is 11.7 Å². The van der Waals surface area contributed by atoms with E-state index in [9.17, 15) is 34.4 Å². The Balaban J connectivity index is 2.69. The fourth-order valence-electron chi connectivity index (χ4n) is 5.00. The lowest BCUT2D eigenvalue weighted by Crippen LogP contribution is -2.62. The van der Waals surface area contributed by atoms with Crippen molar-refractivity contribution in [1.82, 2.24) is 10.2 Å². The topological polar surface area (TPSA) is 217 Å². The maximum atomic E-state index is 14.3. The first-order valence-electron chi connectivity index (χ1n) is 14.9. The molecule has 0 aliphatic heterocycles. The van der Waals surface area contributed by atoms with E-state index in [0.29, 0.717) is 22.6 Å². The SMILES string of the molecule is CC[C@H](C)[C@](C(=O)OC)(c1ccc(N)cc1)N(C(=O)CC(O)[C@H](Cc1ccc([N+](=O)[O-])cc1)NC(=O)C(C)N)C(=O)OC(C)(C)C. The van der Waals surface area contributed by atoms with Gasteiger partial charge in [-0.2, -0.15) is 0 Å². The van der Waals surface area contributed by atoms with Crippen LogP contribution in [-0.2, 0) is 35.8 Å². The predicted molar refractivity (Wildman–Crippen MR) is 170 cm³/mol. The molecule has 2 aromatic rings. The smallest absolute Gasteiger partial charge is 0.418 e. The Morgan fingerprint density at radius 2 is 1.61 bits per heavy atom. The Morgan fingerprint density at radius 3 is 2.07 bits per heavy atom. The number of non-ortho nitro benzene ring substituents is 1. The van der Waals surface area contributed by atoms with Crippen molar-refractivity contribution in [3.8, 4) is 0 Å². The lowest BCUT2D eigenvalue weighted by molar-refractivity contribution is -0.384. The highest BCUT2D eigenvalue weighted by atomic mass is 16.6. The van der Waals surface area contributed by atoms with E-state index in [1.807, 2.05) is 0 Å². The number of nitrogen functional groups attached to an aromatic ring is 1. The molecule has 0 aliphatic rings. The van der Waals surface area contributed by atoms with Gasteiger partial charge >= 0.3 is 12.1 Å². The molecule has 0 radical (unpaired) electrons. The highest BCUT2D eigenvalue weighted by Crippen LogP contribution is 2.41. The predicted octanol–water partition coefficient (Wildman–Crippen LogP) is 3.18. The van der Waals surface area contributed by atoms with Crippen molar-refractivity contribution >= 4 is 35.3 Å². The molecule has 14 heteroatoms. The van der Waals surface area contributed by atoms with E-state index < -0.39 is 70.5 Å². The van der Waals surface area contributed by atoms with Gasteiger partial charge in [-0.3, -0.25) is 19.7 Å². The number of benzene rings is 2. The monoisotopic (exact) mass is 643 g/mol. The van der Waals surface area contributed by atoms with Gasteiger partial charge in [-0.05, 0) is 63.3 Å². The Hall–Kier alpha value is -4.56. The quantitative estimate of drug-likeness (QED) is 0.107. The maximum Gasteiger partial charge on any atom is 0.418 e. The number of nitro groups is 1. The number of carbonyl (C=O) groups is 4. The number of aliphatic hydroxyl groups excluding tert-OH is 1. The van der Waals surface area contributed by atoms with Gasteiger partial charge in [0.2, 0.25) is 11.8 Å². The molecule has 14 nitrogen and oxygen atoms in total. The number of ether oxygens (including phenoxy) is 2. The number of nitrogens with one attached hydrogen (secondary N) is 1. The van der Waals surface area contributed by atoms with Gasteiger partial charge in [-0.25, -0.2) is 14.5 Å².